The molecule has 1 aromatic rings. The normalized spacial score (nSPS) is 11.0. The minimum absolute atomic E-state index is 0.0225. The van der Waals surface area contributed by atoms with Crippen molar-refractivity contribution < 1.29 is 9.50 Å². The van der Waals surface area contributed by atoms with Gasteiger partial charge in [-0.15, -0.1) is 0 Å². The number of halogens is 1. The summed E-state index contributed by atoms with van der Waals surface area (Å²) < 4.78 is 13.1. The summed E-state index contributed by atoms with van der Waals surface area (Å²) in [4.78, 5) is 0. The summed E-state index contributed by atoms with van der Waals surface area (Å²) >= 11 is 0. The Kier molecular flexibility index (Phi) is 4.13. The Morgan fingerprint density at radius 3 is 2.93 bits per heavy atom. The van der Waals surface area contributed by atoms with E-state index in [0.29, 0.717) is 0 Å². The molecular formula is C11H14FNO. The molecule has 2 nitrogen and oxygen atoms in total. The lowest BCUT2D eigenvalue weighted by Gasteiger charge is -1.99. The van der Waals surface area contributed by atoms with Gasteiger partial charge in [-0.2, -0.15) is 0 Å². The second-order valence-electron chi connectivity index (χ2n) is 2.97. The van der Waals surface area contributed by atoms with Gasteiger partial charge >= 0.3 is 0 Å². The Morgan fingerprint density at radius 1 is 1.50 bits per heavy atom. The fourth-order valence-corrected chi connectivity index (χ4v) is 1.12. The molecule has 0 aliphatic carbocycles. The van der Waals surface area contributed by atoms with E-state index in [2.05, 4.69) is 5.32 Å². The number of rotatable bonds is 4. The van der Waals surface area contributed by atoms with Crippen LogP contribution in [0.5, 0.6) is 5.75 Å². The summed E-state index contributed by atoms with van der Waals surface area (Å²) in [6, 6.07) is 4.29. The zero-order valence-corrected chi connectivity index (χ0v) is 8.13. The lowest BCUT2D eigenvalue weighted by Crippen LogP contribution is -2.05. The van der Waals surface area contributed by atoms with Crippen LogP contribution in [0.2, 0.25) is 0 Å². The number of hydrogen-bond acceptors (Lipinski definition) is 2. The Morgan fingerprint density at radius 2 is 2.29 bits per heavy atom. The third kappa shape index (κ3) is 2.85. The first kappa shape index (κ1) is 10.7. The summed E-state index contributed by atoms with van der Waals surface area (Å²) in [5.74, 6) is -0.420. The first-order chi connectivity index (χ1) is 6.75. The van der Waals surface area contributed by atoms with Crippen LogP contribution in [0.4, 0.5) is 4.39 Å². The molecule has 0 bridgehead atoms. The molecule has 0 fully saturated rings. The van der Waals surface area contributed by atoms with E-state index in [1.165, 1.54) is 18.2 Å². The van der Waals surface area contributed by atoms with Gasteiger partial charge in [-0.25, -0.2) is 4.39 Å². The maximum atomic E-state index is 13.1. The molecule has 0 aromatic heterocycles. The molecule has 1 rings (SSSR count). The lowest BCUT2D eigenvalue weighted by atomic mass is 10.1. The average molecular weight is 195 g/mol. The van der Waals surface area contributed by atoms with Crippen LogP contribution < -0.4 is 5.32 Å². The Hall–Kier alpha value is -1.35. The summed E-state index contributed by atoms with van der Waals surface area (Å²) in [6.07, 6.45) is 4.24. The first-order valence-electron chi connectivity index (χ1n) is 4.54. The van der Waals surface area contributed by atoms with Crippen molar-refractivity contribution in [2.75, 3.05) is 13.6 Å². The van der Waals surface area contributed by atoms with Gasteiger partial charge in [-0.05, 0) is 32.1 Å². The molecule has 0 heterocycles. The lowest BCUT2D eigenvalue weighted by molar-refractivity contribution is 0.467. The zero-order valence-electron chi connectivity index (χ0n) is 8.13. The van der Waals surface area contributed by atoms with E-state index < -0.39 is 5.82 Å². The number of aromatic hydroxyl groups is 1. The maximum Gasteiger partial charge on any atom is 0.134 e. The van der Waals surface area contributed by atoms with Gasteiger partial charge < -0.3 is 10.4 Å². The first-order valence-corrected chi connectivity index (χ1v) is 4.54. The standard InChI is InChI=1S/C11H14FNO/c1-13-8-3-2-5-9-10(12)6-4-7-11(9)14/h2,4-7,13-14H,3,8H2,1H3. The molecule has 0 aliphatic heterocycles. The van der Waals surface area contributed by atoms with E-state index in [1.54, 1.807) is 6.08 Å². The van der Waals surface area contributed by atoms with Gasteiger partial charge in [0.15, 0.2) is 0 Å². The zero-order chi connectivity index (χ0) is 10.4. The summed E-state index contributed by atoms with van der Waals surface area (Å²) in [5.41, 5.74) is 0.253. The number of nitrogens with one attached hydrogen (secondary N) is 1. The Bertz CT molecular complexity index is 303. The number of hydrogen-bond donors (Lipinski definition) is 2. The van der Waals surface area contributed by atoms with E-state index in [-0.39, 0.29) is 11.3 Å². The SMILES string of the molecule is CNCCC=Cc1c(O)cccc1F. The van der Waals surface area contributed by atoms with Gasteiger partial charge in [-0.1, -0.05) is 18.2 Å². The Balaban J connectivity index is 2.70. The van der Waals surface area contributed by atoms with E-state index in [4.69, 9.17) is 0 Å². The monoisotopic (exact) mass is 195 g/mol. The molecular weight excluding hydrogens is 181 g/mol. The molecule has 2 N–H and O–H groups in total. The van der Waals surface area contributed by atoms with Crippen molar-refractivity contribution in [3.8, 4) is 5.75 Å². The predicted octanol–water partition coefficient (Wildman–Crippen LogP) is 2.15. The molecule has 0 radical (unpaired) electrons. The molecule has 14 heavy (non-hydrogen) atoms. The second-order valence-corrected chi connectivity index (χ2v) is 2.97. The molecule has 3 heteroatoms. The van der Waals surface area contributed by atoms with Crippen LogP contribution in [0.15, 0.2) is 24.3 Å². The highest BCUT2D eigenvalue weighted by molar-refractivity contribution is 5.57. The molecule has 0 saturated heterocycles. The van der Waals surface area contributed by atoms with E-state index >= 15 is 0 Å². The van der Waals surface area contributed by atoms with Crippen molar-refractivity contribution in [3.63, 3.8) is 0 Å². The molecule has 0 unspecified atom stereocenters. The Labute approximate surface area is 83.1 Å². The topological polar surface area (TPSA) is 32.3 Å². The van der Waals surface area contributed by atoms with Crippen molar-refractivity contribution in [2.45, 2.75) is 6.42 Å². The molecule has 0 atom stereocenters. The van der Waals surface area contributed by atoms with Crippen LogP contribution >= 0.6 is 0 Å². The van der Waals surface area contributed by atoms with Crippen LogP contribution in [0.3, 0.4) is 0 Å². The molecule has 0 amide bonds. The van der Waals surface area contributed by atoms with Crippen LogP contribution in [-0.2, 0) is 0 Å². The maximum absolute atomic E-state index is 13.1. The molecule has 76 valence electrons. The summed E-state index contributed by atoms with van der Waals surface area (Å²) in [7, 11) is 1.86. The van der Waals surface area contributed by atoms with Crippen molar-refractivity contribution in [2.24, 2.45) is 0 Å². The van der Waals surface area contributed by atoms with E-state index in [0.717, 1.165) is 13.0 Å². The molecule has 0 spiro atoms. The fraction of sp³-hybridized carbons (Fsp3) is 0.273. The quantitative estimate of drug-likeness (QED) is 0.721. The van der Waals surface area contributed by atoms with Gasteiger partial charge in [0.1, 0.15) is 11.6 Å². The van der Waals surface area contributed by atoms with Crippen molar-refractivity contribution in [3.05, 3.63) is 35.7 Å². The van der Waals surface area contributed by atoms with Crippen LogP contribution in [0, 0.1) is 5.82 Å². The highest BCUT2D eigenvalue weighted by Gasteiger charge is 2.02. The van der Waals surface area contributed by atoms with Crippen molar-refractivity contribution in [1.82, 2.24) is 5.32 Å². The van der Waals surface area contributed by atoms with E-state index in [9.17, 15) is 9.50 Å². The summed E-state index contributed by atoms with van der Waals surface area (Å²) in [5, 5.41) is 12.3. The van der Waals surface area contributed by atoms with Crippen LogP contribution in [0.1, 0.15) is 12.0 Å². The molecule has 0 aliphatic rings. The third-order valence-electron chi connectivity index (χ3n) is 1.88. The van der Waals surface area contributed by atoms with Crippen LogP contribution in [0.25, 0.3) is 6.08 Å². The van der Waals surface area contributed by atoms with Gasteiger partial charge in [0.2, 0.25) is 0 Å². The highest BCUT2D eigenvalue weighted by Crippen LogP contribution is 2.21. The predicted molar refractivity (Wildman–Crippen MR) is 55.6 cm³/mol. The molecule has 1 aromatic carbocycles. The third-order valence-corrected chi connectivity index (χ3v) is 1.88. The van der Waals surface area contributed by atoms with Gasteiger partial charge in [0.05, 0.1) is 5.56 Å². The summed E-state index contributed by atoms with van der Waals surface area (Å²) in [6.45, 7) is 0.839. The highest BCUT2D eigenvalue weighted by atomic mass is 19.1. The van der Waals surface area contributed by atoms with Crippen LogP contribution in [-0.4, -0.2) is 18.7 Å². The van der Waals surface area contributed by atoms with Gasteiger partial charge in [-0.3, -0.25) is 0 Å². The number of phenols is 1. The minimum Gasteiger partial charge on any atom is -0.507 e. The fourth-order valence-electron chi connectivity index (χ4n) is 1.12. The van der Waals surface area contributed by atoms with Crippen molar-refractivity contribution in [1.29, 1.82) is 0 Å². The number of phenolic OH excluding ortho intramolecular Hbond substituents is 1. The van der Waals surface area contributed by atoms with E-state index in [1.807, 2.05) is 13.1 Å². The minimum atomic E-state index is -0.397. The van der Waals surface area contributed by atoms with Gasteiger partial charge in [0, 0.05) is 0 Å². The number of benzene rings is 1. The molecule has 0 saturated carbocycles. The van der Waals surface area contributed by atoms with Crippen molar-refractivity contribution >= 4 is 6.08 Å². The second kappa shape index (κ2) is 5.40. The average Bonchev–Trinajstić information content (AvgIpc) is 2.16. The van der Waals surface area contributed by atoms with Gasteiger partial charge in [0.25, 0.3) is 0 Å². The largest absolute Gasteiger partial charge is 0.507 e. The smallest absolute Gasteiger partial charge is 0.134 e.